The number of fused-ring (bicyclic) bond motifs is 1. The third kappa shape index (κ3) is 5.91. The normalized spacial score (nSPS) is 13.7. The number of thiol groups is 1. The Bertz CT molecular complexity index is 967. The van der Waals surface area contributed by atoms with E-state index in [2.05, 4.69) is 17.9 Å². The van der Waals surface area contributed by atoms with Gasteiger partial charge in [-0.05, 0) is 36.2 Å². The van der Waals surface area contributed by atoms with Crippen molar-refractivity contribution in [3.63, 3.8) is 0 Å². The molecular formula is C22H25NO8S. The molecule has 0 aromatic heterocycles. The van der Waals surface area contributed by atoms with Crippen LogP contribution in [0.2, 0.25) is 0 Å². The van der Waals surface area contributed by atoms with Crippen LogP contribution in [0.3, 0.4) is 0 Å². The predicted octanol–water partition coefficient (Wildman–Crippen LogP) is 3.92. The fourth-order valence-corrected chi connectivity index (χ4v) is 3.28. The highest BCUT2D eigenvalue weighted by Crippen LogP contribution is 2.36. The van der Waals surface area contributed by atoms with Gasteiger partial charge in [-0.1, -0.05) is 13.0 Å². The zero-order chi connectivity index (χ0) is 23.1. The third-order valence-corrected chi connectivity index (χ3v) is 5.12. The van der Waals surface area contributed by atoms with E-state index in [0.717, 1.165) is 0 Å². The molecule has 0 unspecified atom stereocenters. The van der Waals surface area contributed by atoms with Crippen molar-refractivity contribution >= 4 is 30.4 Å². The van der Waals surface area contributed by atoms with Gasteiger partial charge in [0.1, 0.15) is 6.10 Å². The number of benzene rings is 2. The van der Waals surface area contributed by atoms with Crippen LogP contribution in [0.5, 0.6) is 23.0 Å². The summed E-state index contributed by atoms with van der Waals surface area (Å²) in [6.07, 6.45) is -0.993. The number of carbonyl (C=O) groups excluding carboxylic acids is 2. The van der Waals surface area contributed by atoms with Gasteiger partial charge in [0, 0.05) is 17.7 Å². The topological polar surface area (TPSA) is 113 Å². The number of aromatic hydroxyl groups is 1. The molecular weight excluding hydrogens is 438 g/mol. The fourth-order valence-electron chi connectivity index (χ4n) is 3.19. The van der Waals surface area contributed by atoms with Gasteiger partial charge in [-0.15, -0.1) is 0 Å². The van der Waals surface area contributed by atoms with Gasteiger partial charge in [-0.25, -0.2) is 4.79 Å². The van der Waals surface area contributed by atoms with Crippen molar-refractivity contribution in [2.24, 2.45) is 5.92 Å². The minimum atomic E-state index is -0.726. The highest BCUT2D eigenvalue weighted by atomic mass is 32.1. The molecule has 32 heavy (non-hydrogen) atoms. The van der Waals surface area contributed by atoms with Gasteiger partial charge in [0.05, 0.1) is 19.5 Å². The molecule has 0 bridgehead atoms. The van der Waals surface area contributed by atoms with Crippen LogP contribution in [0, 0.1) is 5.92 Å². The second-order valence-corrected chi connectivity index (χ2v) is 7.41. The number of phenols is 1. The first-order valence-corrected chi connectivity index (χ1v) is 10.5. The van der Waals surface area contributed by atoms with Crippen LogP contribution in [0.1, 0.15) is 25.0 Å². The van der Waals surface area contributed by atoms with Crippen molar-refractivity contribution in [2.75, 3.05) is 31.6 Å². The maximum atomic E-state index is 12.6. The number of methoxy groups -OCH3 is 1. The van der Waals surface area contributed by atoms with Gasteiger partial charge in [0.15, 0.2) is 23.0 Å². The molecule has 2 N–H and O–H groups in total. The van der Waals surface area contributed by atoms with Crippen LogP contribution in [-0.4, -0.2) is 43.4 Å². The van der Waals surface area contributed by atoms with E-state index in [1.165, 1.54) is 13.2 Å². The molecule has 172 valence electrons. The molecule has 1 aliphatic heterocycles. The Hall–Kier alpha value is -3.27. The van der Waals surface area contributed by atoms with Crippen molar-refractivity contribution in [3.8, 4) is 23.0 Å². The number of esters is 1. The monoisotopic (exact) mass is 463 g/mol. The number of rotatable bonds is 9. The summed E-state index contributed by atoms with van der Waals surface area (Å²) in [7, 11) is 1.44. The van der Waals surface area contributed by atoms with Crippen molar-refractivity contribution < 1.29 is 38.4 Å². The first-order chi connectivity index (χ1) is 15.4. The van der Waals surface area contributed by atoms with E-state index in [-0.39, 0.29) is 30.8 Å². The lowest BCUT2D eigenvalue weighted by Crippen LogP contribution is -2.23. The molecule has 2 atom stereocenters. The highest BCUT2D eigenvalue weighted by Gasteiger charge is 2.26. The van der Waals surface area contributed by atoms with Gasteiger partial charge in [0.25, 0.3) is 0 Å². The quantitative estimate of drug-likeness (QED) is 0.379. The lowest BCUT2D eigenvalue weighted by molar-refractivity contribution is -0.141. The molecule has 10 heteroatoms. The second kappa shape index (κ2) is 10.9. The SMILES string of the molecule is COc1ccc([C@@H](OC(=O)Nc2ccc3c(c2)OCO3)[C@H](C)CCOC(=O)CS)cc1O. The summed E-state index contributed by atoms with van der Waals surface area (Å²) in [5, 5.41) is 12.8. The summed E-state index contributed by atoms with van der Waals surface area (Å²) in [4.78, 5) is 24.0. The summed E-state index contributed by atoms with van der Waals surface area (Å²) in [5.74, 6) is 0.659. The van der Waals surface area contributed by atoms with E-state index in [4.69, 9.17) is 23.7 Å². The molecule has 0 spiro atoms. The minimum absolute atomic E-state index is 0.0153. The number of phenolic OH excluding ortho intramolecular Hbond substituents is 1. The summed E-state index contributed by atoms with van der Waals surface area (Å²) >= 11 is 3.88. The van der Waals surface area contributed by atoms with Gasteiger partial charge in [-0.2, -0.15) is 12.6 Å². The van der Waals surface area contributed by atoms with Crippen LogP contribution in [0.15, 0.2) is 36.4 Å². The molecule has 0 fully saturated rings. The van der Waals surface area contributed by atoms with E-state index < -0.39 is 18.2 Å². The number of hydrogen-bond acceptors (Lipinski definition) is 9. The maximum Gasteiger partial charge on any atom is 0.412 e. The molecule has 9 nitrogen and oxygen atoms in total. The number of amides is 1. The van der Waals surface area contributed by atoms with Gasteiger partial charge < -0.3 is 28.8 Å². The average molecular weight is 464 g/mol. The van der Waals surface area contributed by atoms with E-state index in [1.807, 2.05) is 6.92 Å². The van der Waals surface area contributed by atoms with Crippen LogP contribution in [0.4, 0.5) is 10.5 Å². The zero-order valence-corrected chi connectivity index (χ0v) is 18.6. The number of hydrogen-bond donors (Lipinski definition) is 3. The Morgan fingerprint density at radius 1 is 1.19 bits per heavy atom. The first-order valence-electron chi connectivity index (χ1n) is 9.92. The van der Waals surface area contributed by atoms with Crippen LogP contribution < -0.4 is 19.5 Å². The summed E-state index contributed by atoms with van der Waals surface area (Å²) < 4.78 is 26.5. The molecule has 0 radical (unpaired) electrons. The molecule has 0 saturated heterocycles. The van der Waals surface area contributed by atoms with Gasteiger partial charge >= 0.3 is 12.1 Å². The lowest BCUT2D eigenvalue weighted by atomic mass is 9.94. The third-order valence-electron chi connectivity index (χ3n) is 4.87. The molecule has 3 rings (SSSR count). The van der Waals surface area contributed by atoms with Gasteiger partial charge in [-0.3, -0.25) is 10.1 Å². The Labute approximate surface area is 191 Å². The Balaban J connectivity index is 1.72. The first kappa shape index (κ1) is 23.4. The number of ether oxygens (including phenoxy) is 5. The highest BCUT2D eigenvalue weighted by molar-refractivity contribution is 7.81. The Morgan fingerprint density at radius 3 is 2.69 bits per heavy atom. The minimum Gasteiger partial charge on any atom is -0.504 e. The molecule has 0 saturated carbocycles. The van der Waals surface area contributed by atoms with Crippen molar-refractivity contribution in [2.45, 2.75) is 19.4 Å². The van der Waals surface area contributed by atoms with Crippen molar-refractivity contribution in [3.05, 3.63) is 42.0 Å². The number of carbonyl (C=O) groups is 2. The molecule has 1 amide bonds. The van der Waals surface area contributed by atoms with Crippen LogP contribution in [-0.2, 0) is 14.3 Å². The maximum absolute atomic E-state index is 12.6. The Morgan fingerprint density at radius 2 is 1.97 bits per heavy atom. The van der Waals surface area contributed by atoms with Crippen LogP contribution in [0.25, 0.3) is 0 Å². The van der Waals surface area contributed by atoms with Crippen molar-refractivity contribution in [1.82, 2.24) is 0 Å². The van der Waals surface area contributed by atoms with E-state index in [9.17, 15) is 14.7 Å². The smallest absolute Gasteiger partial charge is 0.412 e. The predicted molar refractivity (Wildman–Crippen MR) is 119 cm³/mol. The number of nitrogens with one attached hydrogen (secondary N) is 1. The van der Waals surface area contributed by atoms with E-state index in [0.29, 0.717) is 34.9 Å². The van der Waals surface area contributed by atoms with Crippen molar-refractivity contribution in [1.29, 1.82) is 0 Å². The van der Waals surface area contributed by atoms with E-state index >= 15 is 0 Å². The summed E-state index contributed by atoms with van der Waals surface area (Å²) in [6, 6.07) is 9.77. The van der Waals surface area contributed by atoms with E-state index in [1.54, 1.807) is 30.3 Å². The Kier molecular flexibility index (Phi) is 7.93. The standard InChI is InChI=1S/C22H25NO8S/c1-13(7-8-28-20(25)11-32)21(14-3-5-17(27-2)16(24)9-14)31-22(26)23-15-4-6-18-19(10-15)30-12-29-18/h3-6,9-10,13,21,24,32H,7-8,11-12H2,1-2H3,(H,23,26)/t13-,21+/m1/s1. The largest absolute Gasteiger partial charge is 0.504 e. The molecule has 1 heterocycles. The molecule has 1 aliphatic rings. The fraction of sp³-hybridized carbons (Fsp3) is 0.364. The second-order valence-electron chi connectivity index (χ2n) is 7.09. The van der Waals surface area contributed by atoms with Crippen LogP contribution >= 0.6 is 12.6 Å². The molecule has 2 aromatic rings. The zero-order valence-electron chi connectivity index (χ0n) is 17.7. The van der Waals surface area contributed by atoms with Gasteiger partial charge in [0.2, 0.25) is 6.79 Å². The summed E-state index contributed by atoms with van der Waals surface area (Å²) in [6.45, 7) is 2.13. The average Bonchev–Trinajstić information content (AvgIpc) is 3.25. The molecule has 0 aliphatic carbocycles. The molecule has 2 aromatic carbocycles. The summed E-state index contributed by atoms with van der Waals surface area (Å²) in [5.41, 5.74) is 1.04. The lowest BCUT2D eigenvalue weighted by Gasteiger charge is -2.25. The number of anilines is 1.